The van der Waals surface area contributed by atoms with Crippen molar-refractivity contribution < 1.29 is 0 Å². The Morgan fingerprint density at radius 3 is 1.44 bits per heavy atom. The second-order valence-electron chi connectivity index (χ2n) is 4.28. The number of nitrogens with two attached hydrogens (primary N) is 2. The van der Waals surface area contributed by atoms with E-state index < -0.39 is 0 Å². The summed E-state index contributed by atoms with van der Waals surface area (Å²) in [5.74, 6) is 0. The van der Waals surface area contributed by atoms with Crippen molar-refractivity contribution in [1.82, 2.24) is 0 Å². The summed E-state index contributed by atoms with van der Waals surface area (Å²) in [6, 6.07) is 0. The molecule has 0 atom stereocenters. The highest BCUT2D eigenvalue weighted by Crippen LogP contribution is 2.10. The van der Waals surface area contributed by atoms with Gasteiger partial charge in [0.05, 0.1) is 6.17 Å². The van der Waals surface area contributed by atoms with Gasteiger partial charge >= 0.3 is 0 Å². The van der Waals surface area contributed by atoms with Gasteiger partial charge in [-0.2, -0.15) is 0 Å². The third kappa shape index (κ3) is 20.0. The average molecular weight is 273 g/mol. The molecule has 0 aliphatic heterocycles. The molecule has 0 aromatic carbocycles. The highest BCUT2D eigenvalue weighted by Gasteiger charge is 1.94. The lowest BCUT2D eigenvalue weighted by Crippen LogP contribution is -2.29. The number of hydrogen-bond acceptors (Lipinski definition) is 2. The summed E-state index contributed by atoms with van der Waals surface area (Å²) in [4.78, 5) is 0. The first-order valence-corrected chi connectivity index (χ1v) is 6.28. The second-order valence-corrected chi connectivity index (χ2v) is 4.28. The van der Waals surface area contributed by atoms with Gasteiger partial charge in [-0.05, 0) is 6.42 Å². The van der Waals surface area contributed by atoms with Gasteiger partial charge in [-0.3, -0.25) is 0 Å². The van der Waals surface area contributed by atoms with Crippen LogP contribution in [0.15, 0.2) is 0 Å². The number of halogens is 2. The molecule has 0 saturated heterocycles. The molecule has 0 bridgehead atoms. The van der Waals surface area contributed by atoms with Crippen molar-refractivity contribution in [3.05, 3.63) is 0 Å². The monoisotopic (exact) mass is 272 g/mol. The first-order valence-electron chi connectivity index (χ1n) is 6.28. The van der Waals surface area contributed by atoms with Gasteiger partial charge in [0.15, 0.2) is 0 Å². The van der Waals surface area contributed by atoms with Crippen LogP contribution in [0.1, 0.15) is 71.1 Å². The summed E-state index contributed by atoms with van der Waals surface area (Å²) in [5, 5.41) is 0. The maximum absolute atomic E-state index is 5.47. The van der Waals surface area contributed by atoms with Gasteiger partial charge in [0, 0.05) is 0 Å². The van der Waals surface area contributed by atoms with Crippen molar-refractivity contribution in [3.63, 3.8) is 0 Å². The third-order valence-electron chi connectivity index (χ3n) is 2.64. The van der Waals surface area contributed by atoms with Gasteiger partial charge in [-0.25, -0.2) is 0 Å². The minimum atomic E-state index is -0.0976. The van der Waals surface area contributed by atoms with Gasteiger partial charge in [0.1, 0.15) is 0 Å². The van der Waals surface area contributed by atoms with Crippen LogP contribution in [0, 0.1) is 0 Å². The van der Waals surface area contributed by atoms with E-state index in [0.717, 1.165) is 6.42 Å². The zero-order valence-corrected chi connectivity index (χ0v) is 12.3. The molecule has 0 unspecified atom stereocenters. The quantitative estimate of drug-likeness (QED) is 0.467. The molecule has 0 aliphatic rings. The molecule has 2 nitrogen and oxygen atoms in total. The van der Waals surface area contributed by atoms with E-state index in [1.165, 1.54) is 57.8 Å². The maximum Gasteiger partial charge on any atom is 0.0520 e. The SMILES string of the molecule is CCCCCCCCCCCC(N)N.Cl.Cl. The van der Waals surface area contributed by atoms with Crippen molar-refractivity contribution in [2.45, 2.75) is 77.3 Å². The Morgan fingerprint density at radius 2 is 1.06 bits per heavy atom. The van der Waals surface area contributed by atoms with Crippen molar-refractivity contribution >= 4 is 24.8 Å². The summed E-state index contributed by atoms with van der Waals surface area (Å²) >= 11 is 0. The molecule has 0 spiro atoms. The molecule has 102 valence electrons. The molecule has 16 heavy (non-hydrogen) atoms. The summed E-state index contributed by atoms with van der Waals surface area (Å²) in [5.41, 5.74) is 10.9. The Kier molecular flexibility index (Phi) is 24.3. The summed E-state index contributed by atoms with van der Waals surface area (Å²) in [6.07, 6.45) is 13.1. The average Bonchev–Trinajstić information content (AvgIpc) is 2.15. The first-order chi connectivity index (χ1) is 6.77. The summed E-state index contributed by atoms with van der Waals surface area (Å²) in [6.45, 7) is 2.26. The van der Waals surface area contributed by atoms with Crippen molar-refractivity contribution in [3.8, 4) is 0 Å². The van der Waals surface area contributed by atoms with E-state index in [1.807, 2.05) is 0 Å². The molecule has 0 aromatic rings. The first kappa shape index (κ1) is 21.8. The zero-order chi connectivity index (χ0) is 10.6. The second kappa shape index (κ2) is 17.9. The maximum atomic E-state index is 5.47. The van der Waals surface area contributed by atoms with Crippen LogP contribution in [-0.4, -0.2) is 6.17 Å². The van der Waals surface area contributed by atoms with Crippen LogP contribution in [0.4, 0.5) is 0 Å². The molecule has 4 N–H and O–H groups in total. The smallest absolute Gasteiger partial charge is 0.0520 e. The van der Waals surface area contributed by atoms with Crippen LogP contribution in [0.25, 0.3) is 0 Å². The third-order valence-corrected chi connectivity index (χ3v) is 2.64. The Labute approximate surface area is 114 Å². The number of unbranched alkanes of at least 4 members (excludes halogenated alkanes) is 8. The summed E-state index contributed by atoms with van der Waals surface area (Å²) < 4.78 is 0. The Bertz CT molecular complexity index is 111. The van der Waals surface area contributed by atoms with E-state index in [4.69, 9.17) is 11.5 Å². The van der Waals surface area contributed by atoms with E-state index in [9.17, 15) is 0 Å². The van der Waals surface area contributed by atoms with Gasteiger partial charge in [0.2, 0.25) is 0 Å². The highest BCUT2D eigenvalue weighted by atomic mass is 35.5. The van der Waals surface area contributed by atoms with Gasteiger partial charge < -0.3 is 11.5 Å². The van der Waals surface area contributed by atoms with Crippen LogP contribution in [0.3, 0.4) is 0 Å². The largest absolute Gasteiger partial charge is 0.316 e. The van der Waals surface area contributed by atoms with Crippen LogP contribution in [-0.2, 0) is 0 Å². The molecule has 4 heteroatoms. The van der Waals surface area contributed by atoms with E-state index in [1.54, 1.807) is 0 Å². The highest BCUT2D eigenvalue weighted by molar-refractivity contribution is 5.85. The Hall–Kier alpha value is 0.500. The molecule has 0 aromatic heterocycles. The molecule has 0 heterocycles. The molecule has 0 fully saturated rings. The fraction of sp³-hybridized carbons (Fsp3) is 1.00. The molecular formula is C12H30Cl2N2. The van der Waals surface area contributed by atoms with E-state index in [0.29, 0.717) is 0 Å². The van der Waals surface area contributed by atoms with Crippen LogP contribution < -0.4 is 11.5 Å². The van der Waals surface area contributed by atoms with Crippen molar-refractivity contribution in [2.24, 2.45) is 11.5 Å². The predicted octanol–water partition coefficient (Wildman–Crippen LogP) is 3.99. The lowest BCUT2D eigenvalue weighted by atomic mass is 10.1. The van der Waals surface area contributed by atoms with Crippen molar-refractivity contribution in [1.29, 1.82) is 0 Å². The molecular weight excluding hydrogens is 243 g/mol. The van der Waals surface area contributed by atoms with Gasteiger partial charge in [-0.1, -0.05) is 64.7 Å². The standard InChI is InChI=1S/C12H28N2.2ClH/c1-2-3-4-5-6-7-8-9-10-11-12(13)14;;/h12H,2-11,13-14H2,1H3;2*1H. The predicted molar refractivity (Wildman–Crippen MR) is 78.5 cm³/mol. The Balaban J connectivity index is -0.000000845. The van der Waals surface area contributed by atoms with Crippen molar-refractivity contribution in [2.75, 3.05) is 0 Å². The molecule has 0 amide bonds. The number of hydrogen-bond donors (Lipinski definition) is 2. The van der Waals surface area contributed by atoms with Gasteiger partial charge in [-0.15, -0.1) is 24.8 Å². The Morgan fingerprint density at radius 1 is 0.688 bits per heavy atom. The molecule has 0 aliphatic carbocycles. The molecule has 0 radical (unpaired) electrons. The topological polar surface area (TPSA) is 52.0 Å². The van der Waals surface area contributed by atoms with Crippen LogP contribution >= 0.6 is 24.8 Å². The van der Waals surface area contributed by atoms with E-state index >= 15 is 0 Å². The molecule has 0 saturated carbocycles. The van der Waals surface area contributed by atoms with Crippen LogP contribution in [0.5, 0.6) is 0 Å². The number of rotatable bonds is 10. The van der Waals surface area contributed by atoms with Crippen LogP contribution in [0.2, 0.25) is 0 Å². The lowest BCUT2D eigenvalue weighted by Gasteiger charge is -2.04. The fourth-order valence-corrected chi connectivity index (χ4v) is 1.69. The minimum absolute atomic E-state index is 0. The fourth-order valence-electron chi connectivity index (χ4n) is 1.69. The molecule has 0 rings (SSSR count). The van der Waals surface area contributed by atoms with E-state index in [2.05, 4.69) is 6.92 Å². The minimum Gasteiger partial charge on any atom is -0.316 e. The zero-order valence-electron chi connectivity index (χ0n) is 10.6. The van der Waals surface area contributed by atoms with E-state index in [-0.39, 0.29) is 31.0 Å². The summed E-state index contributed by atoms with van der Waals surface area (Å²) in [7, 11) is 0. The normalized spacial score (nSPS) is 9.75. The lowest BCUT2D eigenvalue weighted by molar-refractivity contribution is 0.530. The van der Waals surface area contributed by atoms with Gasteiger partial charge in [0.25, 0.3) is 0 Å².